The van der Waals surface area contributed by atoms with Crippen molar-refractivity contribution in [3.8, 4) is 0 Å². The Morgan fingerprint density at radius 3 is 1.97 bits per heavy atom. The summed E-state index contributed by atoms with van der Waals surface area (Å²) in [6.45, 7) is 18.4. The van der Waals surface area contributed by atoms with Crippen LogP contribution < -0.4 is 10.6 Å². The zero-order valence-corrected chi connectivity index (χ0v) is 21.9. The van der Waals surface area contributed by atoms with E-state index in [1.165, 1.54) is 0 Å². The maximum atomic E-state index is 13.3. The summed E-state index contributed by atoms with van der Waals surface area (Å²) in [6, 6.07) is 7.58. The number of nitrogens with one attached hydrogen (secondary N) is 2. The summed E-state index contributed by atoms with van der Waals surface area (Å²) >= 11 is 0. The summed E-state index contributed by atoms with van der Waals surface area (Å²) < 4.78 is 1.66. The first kappa shape index (κ1) is 26.4. The Labute approximate surface area is 198 Å². The second kappa shape index (κ2) is 10.4. The average molecular weight is 456 g/mol. The fraction of sp³-hybridized carbons (Fsp3) is 0.577. The van der Waals surface area contributed by atoms with Crippen molar-refractivity contribution in [1.29, 1.82) is 0 Å². The Morgan fingerprint density at radius 2 is 1.55 bits per heavy atom. The first-order valence-corrected chi connectivity index (χ1v) is 11.8. The number of amides is 3. The standard InChI is InChI=1S/C26H41N5O2/c1-16(2)19-12-11-13-20(17(3)4)24(19)28-25(33)31(18(5)6)15-23(32)27-22-14-21(26(7,8)9)29-30(22)10/h11-14,16-18H,15H2,1-10H3,(H,27,32)(H,28,33). The molecule has 7 heteroatoms. The second-order valence-corrected chi connectivity index (χ2v) is 10.6. The van der Waals surface area contributed by atoms with Crippen molar-refractivity contribution in [3.63, 3.8) is 0 Å². The molecule has 0 saturated heterocycles. The number of benzene rings is 1. The number of carbonyl (C=O) groups is 2. The molecule has 0 unspecified atom stereocenters. The summed E-state index contributed by atoms with van der Waals surface area (Å²) in [7, 11) is 1.80. The van der Waals surface area contributed by atoms with Crippen LogP contribution in [0.3, 0.4) is 0 Å². The van der Waals surface area contributed by atoms with Crippen LogP contribution in [0.2, 0.25) is 0 Å². The number of aromatic nitrogens is 2. The molecule has 182 valence electrons. The maximum Gasteiger partial charge on any atom is 0.322 e. The van der Waals surface area contributed by atoms with Gasteiger partial charge in [0.1, 0.15) is 12.4 Å². The highest BCUT2D eigenvalue weighted by Gasteiger charge is 2.25. The van der Waals surface area contributed by atoms with Crippen LogP contribution in [0.4, 0.5) is 16.3 Å². The fourth-order valence-electron chi connectivity index (χ4n) is 3.65. The Balaban J connectivity index is 2.22. The van der Waals surface area contributed by atoms with Crippen molar-refractivity contribution in [2.75, 3.05) is 17.2 Å². The van der Waals surface area contributed by atoms with Crippen LogP contribution in [0.5, 0.6) is 0 Å². The Morgan fingerprint density at radius 1 is 1.00 bits per heavy atom. The van der Waals surface area contributed by atoms with Gasteiger partial charge in [-0.2, -0.15) is 5.10 Å². The summed E-state index contributed by atoms with van der Waals surface area (Å²) in [4.78, 5) is 27.7. The summed E-state index contributed by atoms with van der Waals surface area (Å²) in [5.41, 5.74) is 3.80. The van der Waals surface area contributed by atoms with E-state index in [0.717, 1.165) is 22.5 Å². The van der Waals surface area contributed by atoms with Crippen molar-refractivity contribution < 1.29 is 9.59 Å². The van der Waals surface area contributed by atoms with E-state index in [9.17, 15) is 9.59 Å². The third-order valence-electron chi connectivity index (χ3n) is 5.72. The molecule has 0 aliphatic carbocycles. The first-order chi connectivity index (χ1) is 15.2. The Hall–Kier alpha value is -2.83. The van der Waals surface area contributed by atoms with Gasteiger partial charge in [0.2, 0.25) is 5.91 Å². The molecule has 0 saturated carbocycles. The number of anilines is 2. The van der Waals surface area contributed by atoms with Crippen molar-refractivity contribution >= 4 is 23.4 Å². The zero-order chi connectivity index (χ0) is 25.1. The van der Waals surface area contributed by atoms with Gasteiger partial charge in [-0.15, -0.1) is 0 Å². The topological polar surface area (TPSA) is 79.3 Å². The molecule has 2 N–H and O–H groups in total. The highest BCUT2D eigenvalue weighted by molar-refractivity contribution is 5.97. The van der Waals surface area contributed by atoms with E-state index in [4.69, 9.17) is 0 Å². The Kier molecular flexibility index (Phi) is 8.33. The van der Waals surface area contributed by atoms with E-state index in [-0.39, 0.29) is 41.8 Å². The van der Waals surface area contributed by atoms with Crippen molar-refractivity contribution in [1.82, 2.24) is 14.7 Å². The predicted molar refractivity (Wildman–Crippen MR) is 136 cm³/mol. The molecule has 0 radical (unpaired) electrons. The van der Waals surface area contributed by atoms with Crippen LogP contribution in [-0.4, -0.2) is 39.2 Å². The van der Waals surface area contributed by atoms with Crippen LogP contribution in [0.15, 0.2) is 24.3 Å². The molecule has 1 aromatic heterocycles. The highest BCUT2D eigenvalue weighted by atomic mass is 16.2. The minimum atomic E-state index is -0.282. The number of carbonyl (C=O) groups excluding carboxylic acids is 2. The fourth-order valence-corrected chi connectivity index (χ4v) is 3.65. The van der Waals surface area contributed by atoms with E-state index >= 15 is 0 Å². The molecule has 0 aliphatic heterocycles. The van der Waals surface area contributed by atoms with Crippen LogP contribution in [0.1, 0.15) is 91.0 Å². The number of aryl methyl sites for hydroxylation is 1. The maximum absolute atomic E-state index is 13.3. The molecule has 3 amide bonds. The minimum Gasteiger partial charge on any atom is -0.313 e. The monoisotopic (exact) mass is 455 g/mol. The Bertz CT molecular complexity index is 957. The summed E-state index contributed by atoms with van der Waals surface area (Å²) in [5, 5.41) is 10.5. The lowest BCUT2D eigenvalue weighted by molar-refractivity contribution is -0.117. The van der Waals surface area contributed by atoms with Gasteiger partial charge in [0.05, 0.1) is 5.69 Å². The zero-order valence-electron chi connectivity index (χ0n) is 21.9. The van der Waals surface area contributed by atoms with Crippen molar-refractivity contribution in [2.24, 2.45) is 7.05 Å². The smallest absolute Gasteiger partial charge is 0.313 e. The number of para-hydroxylation sites is 1. The SMILES string of the molecule is CC(C)c1cccc(C(C)C)c1NC(=O)N(CC(=O)Nc1cc(C(C)(C)C)nn1C)C(C)C. The van der Waals surface area contributed by atoms with Crippen LogP contribution in [0, 0.1) is 0 Å². The lowest BCUT2D eigenvalue weighted by Crippen LogP contribution is -2.45. The second-order valence-electron chi connectivity index (χ2n) is 10.6. The van der Waals surface area contributed by atoms with Gasteiger partial charge < -0.3 is 15.5 Å². The van der Waals surface area contributed by atoms with Crippen LogP contribution >= 0.6 is 0 Å². The van der Waals surface area contributed by atoms with Crippen LogP contribution in [-0.2, 0) is 17.3 Å². The third-order valence-corrected chi connectivity index (χ3v) is 5.72. The largest absolute Gasteiger partial charge is 0.322 e. The molecule has 1 heterocycles. The molecular weight excluding hydrogens is 414 g/mol. The predicted octanol–water partition coefficient (Wildman–Crippen LogP) is 5.85. The van der Waals surface area contributed by atoms with E-state index in [2.05, 4.69) is 64.2 Å². The van der Waals surface area contributed by atoms with Gasteiger partial charge in [0.15, 0.2) is 0 Å². The molecule has 0 fully saturated rings. The van der Waals surface area contributed by atoms with Crippen molar-refractivity contribution in [2.45, 2.75) is 85.6 Å². The molecule has 1 aromatic carbocycles. The number of hydrogen-bond donors (Lipinski definition) is 2. The molecule has 0 aliphatic rings. The molecule has 0 bridgehead atoms. The summed E-state index contributed by atoms with van der Waals surface area (Å²) in [5.74, 6) is 0.873. The van der Waals surface area contributed by atoms with Gasteiger partial charge in [0.25, 0.3) is 0 Å². The van der Waals surface area contributed by atoms with E-state index < -0.39 is 0 Å². The quantitative estimate of drug-likeness (QED) is 0.550. The molecule has 0 spiro atoms. The summed E-state index contributed by atoms with van der Waals surface area (Å²) in [6.07, 6.45) is 0. The van der Waals surface area contributed by atoms with Gasteiger partial charge in [-0.3, -0.25) is 9.48 Å². The van der Waals surface area contributed by atoms with Gasteiger partial charge in [-0.25, -0.2) is 4.79 Å². The van der Waals surface area contributed by atoms with E-state index in [1.54, 1.807) is 16.6 Å². The number of nitrogens with zero attached hydrogens (tertiary/aromatic N) is 3. The normalized spacial score (nSPS) is 11.9. The van der Waals surface area contributed by atoms with Gasteiger partial charge in [-0.1, -0.05) is 66.7 Å². The molecule has 2 aromatic rings. The minimum absolute atomic E-state index is 0.0552. The number of rotatable bonds is 7. The van der Waals surface area contributed by atoms with Gasteiger partial charge in [0, 0.05) is 30.3 Å². The van der Waals surface area contributed by atoms with Crippen LogP contribution in [0.25, 0.3) is 0 Å². The lowest BCUT2D eigenvalue weighted by atomic mass is 9.92. The molecular formula is C26H41N5O2. The molecule has 33 heavy (non-hydrogen) atoms. The molecule has 0 atom stereocenters. The lowest BCUT2D eigenvalue weighted by Gasteiger charge is -2.28. The van der Waals surface area contributed by atoms with Gasteiger partial charge >= 0.3 is 6.03 Å². The first-order valence-electron chi connectivity index (χ1n) is 11.8. The van der Waals surface area contributed by atoms with E-state index in [1.807, 2.05) is 38.1 Å². The number of urea groups is 1. The third kappa shape index (κ3) is 6.59. The average Bonchev–Trinajstić information content (AvgIpc) is 3.06. The molecule has 2 rings (SSSR count). The molecule has 7 nitrogen and oxygen atoms in total. The van der Waals surface area contributed by atoms with E-state index in [0.29, 0.717) is 5.82 Å². The highest BCUT2D eigenvalue weighted by Crippen LogP contribution is 2.32. The number of hydrogen-bond acceptors (Lipinski definition) is 3. The van der Waals surface area contributed by atoms with Crippen molar-refractivity contribution in [3.05, 3.63) is 41.1 Å². The van der Waals surface area contributed by atoms with Gasteiger partial charge in [-0.05, 0) is 36.8 Å².